The fourth-order valence-electron chi connectivity index (χ4n) is 3.08. The molecular weight excluding hydrogens is 234 g/mol. The van der Waals surface area contributed by atoms with Gasteiger partial charge in [-0.05, 0) is 62.8 Å². The van der Waals surface area contributed by atoms with Crippen molar-refractivity contribution in [1.82, 2.24) is 5.32 Å². The van der Waals surface area contributed by atoms with Crippen LogP contribution in [0.4, 0.5) is 0 Å². The maximum absolute atomic E-state index is 5.85. The highest BCUT2D eigenvalue weighted by atomic mass is 16.5. The van der Waals surface area contributed by atoms with Crippen molar-refractivity contribution >= 4 is 0 Å². The predicted molar refractivity (Wildman–Crippen MR) is 80.7 cm³/mol. The summed E-state index contributed by atoms with van der Waals surface area (Å²) in [6, 6.07) is 7.24. The Morgan fingerprint density at radius 3 is 2.47 bits per heavy atom. The SMILES string of the molecule is CCNC(Cc1ccc(C)c(C)c1)C1(OC)CCC1. The Hall–Kier alpha value is -0.860. The molecule has 106 valence electrons. The van der Waals surface area contributed by atoms with Crippen LogP contribution in [0.15, 0.2) is 18.2 Å². The van der Waals surface area contributed by atoms with Crippen LogP contribution in [0.3, 0.4) is 0 Å². The van der Waals surface area contributed by atoms with Gasteiger partial charge >= 0.3 is 0 Å². The average Bonchev–Trinajstić information content (AvgIpc) is 2.33. The minimum absolute atomic E-state index is 0.0643. The predicted octanol–water partition coefficient (Wildman–Crippen LogP) is 3.39. The van der Waals surface area contributed by atoms with E-state index in [0.717, 1.165) is 13.0 Å². The third kappa shape index (κ3) is 3.01. The summed E-state index contributed by atoms with van der Waals surface area (Å²) in [6.45, 7) is 7.54. The van der Waals surface area contributed by atoms with Crippen molar-refractivity contribution in [3.05, 3.63) is 34.9 Å². The lowest BCUT2D eigenvalue weighted by Crippen LogP contribution is -2.57. The second-order valence-corrected chi connectivity index (χ2v) is 5.86. The number of rotatable bonds is 6. The largest absolute Gasteiger partial charge is 0.377 e. The highest BCUT2D eigenvalue weighted by molar-refractivity contribution is 5.30. The van der Waals surface area contributed by atoms with E-state index in [1.165, 1.54) is 36.0 Å². The lowest BCUT2D eigenvalue weighted by Gasteiger charge is -2.47. The summed E-state index contributed by atoms with van der Waals surface area (Å²) >= 11 is 0. The van der Waals surface area contributed by atoms with Crippen LogP contribution in [-0.4, -0.2) is 25.3 Å². The number of hydrogen-bond acceptors (Lipinski definition) is 2. The van der Waals surface area contributed by atoms with Gasteiger partial charge in [-0.25, -0.2) is 0 Å². The van der Waals surface area contributed by atoms with Crippen molar-refractivity contribution in [2.75, 3.05) is 13.7 Å². The van der Waals surface area contributed by atoms with E-state index in [1.807, 2.05) is 7.11 Å². The molecule has 2 heteroatoms. The third-order valence-electron chi connectivity index (χ3n) is 4.70. The van der Waals surface area contributed by atoms with Gasteiger partial charge in [-0.3, -0.25) is 0 Å². The molecule has 1 atom stereocenters. The standard InChI is InChI=1S/C17H27NO/c1-5-18-16(17(19-4)9-6-10-17)12-15-8-7-13(2)14(3)11-15/h7-8,11,16,18H,5-6,9-10,12H2,1-4H3. The van der Waals surface area contributed by atoms with Gasteiger partial charge in [0.05, 0.1) is 5.60 Å². The van der Waals surface area contributed by atoms with Crippen LogP contribution in [0.25, 0.3) is 0 Å². The third-order valence-corrected chi connectivity index (χ3v) is 4.70. The van der Waals surface area contributed by atoms with Crippen molar-refractivity contribution < 1.29 is 4.74 Å². The molecule has 0 aromatic heterocycles. The monoisotopic (exact) mass is 261 g/mol. The van der Waals surface area contributed by atoms with Gasteiger partial charge in [0.15, 0.2) is 0 Å². The first kappa shape index (κ1) is 14.5. The second kappa shape index (κ2) is 6.06. The van der Waals surface area contributed by atoms with Crippen molar-refractivity contribution in [2.24, 2.45) is 0 Å². The smallest absolute Gasteiger partial charge is 0.0834 e. The Morgan fingerprint density at radius 1 is 1.26 bits per heavy atom. The molecular formula is C17H27NO. The molecule has 2 rings (SSSR count). The fraction of sp³-hybridized carbons (Fsp3) is 0.647. The van der Waals surface area contributed by atoms with E-state index in [-0.39, 0.29) is 5.60 Å². The number of likely N-dealkylation sites (N-methyl/N-ethyl adjacent to an activating group) is 1. The summed E-state index contributed by atoms with van der Waals surface area (Å²) in [7, 11) is 1.86. The Bertz CT molecular complexity index is 418. The molecule has 1 aliphatic rings. The van der Waals surface area contributed by atoms with E-state index in [4.69, 9.17) is 4.74 Å². The second-order valence-electron chi connectivity index (χ2n) is 5.86. The van der Waals surface area contributed by atoms with Crippen LogP contribution in [-0.2, 0) is 11.2 Å². The van der Waals surface area contributed by atoms with E-state index in [1.54, 1.807) is 0 Å². The first-order valence-electron chi connectivity index (χ1n) is 7.46. The number of aryl methyl sites for hydroxylation is 2. The molecule has 1 saturated carbocycles. The average molecular weight is 261 g/mol. The van der Waals surface area contributed by atoms with Gasteiger partial charge in [0.1, 0.15) is 0 Å². The summed E-state index contributed by atoms with van der Waals surface area (Å²) in [5, 5.41) is 3.63. The molecule has 1 aromatic rings. The molecule has 0 spiro atoms. The topological polar surface area (TPSA) is 21.3 Å². The first-order chi connectivity index (χ1) is 9.11. The van der Waals surface area contributed by atoms with Crippen LogP contribution in [0.5, 0.6) is 0 Å². The molecule has 0 radical (unpaired) electrons. The van der Waals surface area contributed by atoms with Gasteiger partial charge in [-0.2, -0.15) is 0 Å². The fourth-order valence-corrected chi connectivity index (χ4v) is 3.08. The minimum Gasteiger partial charge on any atom is -0.377 e. The molecule has 1 N–H and O–H groups in total. The summed E-state index contributed by atoms with van der Waals surface area (Å²) in [5.41, 5.74) is 4.23. The summed E-state index contributed by atoms with van der Waals surface area (Å²) < 4.78 is 5.85. The molecule has 1 unspecified atom stereocenters. The number of methoxy groups -OCH3 is 1. The van der Waals surface area contributed by atoms with Crippen molar-refractivity contribution in [2.45, 2.75) is 58.1 Å². The van der Waals surface area contributed by atoms with Crippen molar-refractivity contribution in [3.8, 4) is 0 Å². The Labute approximate surface area is 117 Å². The van der Waals surface area contributed by atoms with E-state index in [0.29, 0.717) is 6.04 Å². The maximum atomic E-state index is 5.85. The van der Waals surface area contributed by atoms with Gasteiger partial charge < -0.3 is 10.1 Å². The Balaban J connectivity index is 2.13. The molecule has 0 amide bonds. The Kier molecular flexibility index (Phi) is 4.64. The molecule has 1 aromatic carbocycles. The van der Waals surface area contributed by atoms with E-state index in [2.05, 4.69) is 44.3 Å². The van der Waals surface area contributed by atoms with Crippen LogP contribution in [0.2, 0.25) is 0 Å². The molecule has 2 nitrogen and oxygen atoms in total. The van der Waals surface area contributed by atoms with Crippen LogP contribution in [0, 0.1) is 13.8 Å². The van der Waals surface area contributed by atoms with E-state index < -0.39 is 0 Å². The number of benzene rings is 1. The van der Waals surface area contributed by atoms with E-state index >= 15 is 0 Å². The molecule has 0 heterocycles. The molecule has 0 aliphatic heterocycles. The summed E-state index contributed by atoms with van der Waals surface area (Å²) in [5.74, 6) is 0. The minimum atomic E-state index is 0.0643. The molecule has 1 aliphatic carbocycles. The van der Waals surface area contributed by atoms with Crippen LogP contribution >= 0.6 is 0 Å². The molecule has 19 heavy (non-hydrogen) atoms. The van der Waals surface area contributed by atoms with Crippen LogP contribution in [0.1, 0.15) is 42.9 Å². The van der Waals surface area contributed by atoms with E-state index in [9.17, 15) is 0 Å². The summed E-state index contributed by atoms with van der Waals surface area (Å²) in [6.07, 6.45) is 4.73. The number of hydrogen-bond donors (Lipinski definition) is 1. The zero-order chi connectivity index (χ0) is 13.9. The normalized spacial score (nSPS) is 18.9. The van der Waals surface area contributed by atoms with Crippen molar-refractivity contribution in [1.29, 1.82) is 0 Å². The zero-order valence-electron chi connectivity index (χ0n) is 12.8. The van der Waals surface area contributed by atoms with Gasteiger partial charge in [0.2, 0.25) is 0 Å². The maximum Gasteiger partial charge on any atom is 0.0834 e. The molecule has 0 saturated heterocycles. The lowest BCUT2D eigenvalue weighted by atomic mass is 9.72. The lowest BCUT2D eigenvalue weighted by molar-refractivity contribution is -0.0978. The molecule has 1 fully saturated rings. The highest BCUT2D eigenvalue weighted by Crippen LogP contribution is 2.39. The van der Waals surface area contributed by atoms with Crippen molar-refractivity contribution in [3.63, 3.8) is 0 Å². The highest BCUT2D eigenvalue weighted by Gasteiger charge is 2.43. The molecule has 0 bridgehead atoms. The van der Waals surface area contributed by atoms with Gasteiger partial charge in [-0.15, -0.1) is 0 Å². The Morgan fingerprint density at radius 2 is 2.00 bits per heavy atom. The number of ether oxygens (including phenoxy) is 1. The van der Waals surface area contributed by atoms with Gasteiger partial charge in [0, 0.05) is 13.2 Å². The number of nitrogens with one attached hydrogen (secondary N) is 1. The summed E-state index contributed by atoms with van der Waals surface area (Å²) in [4.78, 5) is 0. The van der Waals surface area contributed by atoms with Gasteiger partial charge in [0.25, 0.3) is 0 Å². The quantitative estimate of drug-likeness (QED) is 0.847. The van der Waals surface area contributed by atoms with Crippen LogP contribution < -0.4 is 5.32 Å². The zero-order valence-corrected chi connectivity index (χ0v) is 12.8. The van der Waals surface area contributed by atoms with Gasteiger partial charge in [-0.1, -0.05) is 25.1 Å². The first-order valence-corrected chi connectivity index (χ1v) is 7.46.